The molecule has 1 aromatic heterocycles. The van der Waals surface area contributed by atoms with Crippen molar-refractivity contribution < 1.29 is 27.9 Å². The second kappa shape index (κ2) is 13.3. The average molecular weight is 622 g/mol. The number of hydrogen-bond donors (Lipinski definition) is 2. The summed E-state index contributed by atoms with van der Waals surface area (Å²) in [5, 5.41) is 5.48. The SMILES string of the molecule is Cc1ccc(Cn2ccnc2NC(=O)[C@@H]2CN(CCCN3C(=O)CNC3=O)C[C@H]2c2ccc(F)cc2F)c(N2CCOCC2)c1. The molecular weight excluding hydrogens is 584 g/mol. The van der Waals surface area contributed by atoms with Gasteiger partial charge in [-0.3, -0.25) is 19.8 Å². The van der Waals surface area contributed by atoms with Gasteiger partial charge in [0, 0.05) is 62.8 Å². The second-order valence-corrected chi connectivity index (χ2v) is 11.8. The maximum Gasteiger partial charge on any atom is 0.324 e. The minimum absolute atomic E-state index is 0.00901. The number of carbonyl (C=O) groups excluding carboxylic acids is 3. The van der Waals surface area contributed by atoms with Crippen molar-refractivity contribution in [3.63, 3.8) is 0 Å². The lowest BCUT2D eigenvalue weighted by Crippen LogP contribution is -2.37. The number of aromatic nitrogens is 2. The molecule has 6 rings (SSSR count). The van der Waals surface area contributed by atoms with Gasteiger partial charge in [0.2, 0.25) is 17.8 Å². The quantitative estimate of drug-likeness (QED) is 0.335. The number of amides is 4. The van der Waals surface area contributed by atoms with Crippen LogP contribution in [-0.2, 0) is 20.9 Å². The van der Waals surface area contributed by atoms with Gasteiger partial charge in [-0.2, -0.15) is 0 Å². The molecule has 0 saturated carbocycles. The zero-order valence-corrected chi connectivity index (χ0v) is 25.2. The molecule has 0 radical (unpaired) electrons. The Bertz CT molecular complexity index is 1560. The fourth-order valence-electron chi connectivity index (χ4n) is 6.44. The molecule has 2 atom stereocenters. The highest BCUT2D eigenvalue weighted by Gasteiger charge is 2.40. The smallest absolute Gasteiger partial charge is 0.324 e. The highest BCUT2D eigenvalue weighted by Crippen LogP contribution is 2.35. The zero-order valence-electron chi connectivity index (χ0n) is 25.2. The summed E-state index contributed by atoms with van der Waals surface area (Å²) in [6, 6.07) is 9.35. The van der Waals surface area contributed by atoms with E-state index >= 15 is 4.39 Å². The van der Waals surface area contributed by atoms with E-state index in [9.17, 15) is 18.8 Å². The van der Waals surface area contributed by atoms with Crippen LogP contribution in [-0.4, -0.2) is 96.2 Å². The molecule has 238 valence electrons. The lowest BCUT2D eigenvalue weighted by molar-refractivity contribution is -0.125. The van der Waals surface area contributed by atoms with Crippen LogP contribution >= 0.6 is 0 Å². The molecule has 4 heterocycles. The van der Waals surface area contributed by atoms with Crippen molar-refractivity contribution in [3.8, 4) is 0 Å². The molecular formula is C32H37F2N7O4. The van der Waals surface area contributed by atoms with Crippen LogP contribution in [0.2, 0.25) is 0 Å². The van der Waals surface area contributed by atoms with Gasteiger partial charge in [0.25, 0.3) is 0 Å². The zero-order chi connectivity index (χ0) is 31.5. The van der Waals surface area contributed by atoms with Gasteiger partial charge in [-0.15, -0.1) is 0 Å². The number of hydrogen-bond acceptors (Lipinski definition) is 7. The Labute approximate surface area is 260 Å². The number of rotatable bonds is 10. The van der Waals surface area contributed by atoms with Gasteiger partial charge >= 0.3 is 6.03 Å². The van der Waals surface area contributed by atoms with Gasteiger partial charge in [0.1, 0.15) is 11.6 Å². The van der Waals surface area contributed by atoms with Crippen LogP contribution in [0.25, 0.3) is 0 Å². The molecule has 3 aliphatic rings. The first-order valence-corrected chi connectivity index (χ1v) is 15.3. The largest absolute Gasteiger partial charge is 0.378 e. The summed E-state index contributed by atoms with van der Waals surface area (Å²) in [4.78, 5) is 47.6. The summed E-state index contributed by atoms with van der Waals surface area (Å²) in [5.41, 5.74) is 3.63. The van der Waals surface area contributed by atoms with Crippen molar-refractivity contribution in [2.24, 2.45) is 5.92 Å². The summed E-state index contributed by atoms with van der Waals surface area (Å²) in [6.45, 7) is 6.89. The van der Waals surface area contributed by atoms with Gasteiger partial charge < -0.3 is 24.4 Å². The molecule has 3 aliphatic heterocycles. The molecule has 0 spiro atoms. The number of aryl methyl sites for hydroxylation is 1. The number of imidazole rings is 1. The van der Waals surface area contributed by atoms with Crippen molar-refractivity contribution >= 4 is 29.5 Å². The van der Waals surface area contributed by atoms with E-state index in [0.29, 0.717) is 51.8 Å². The van der Waals surface area contributed by atoms with Crippen LogP contribution in [0, 0.1) is 24.5 Å². The number of anilines is 2. The molecule has 0 aliphatic carbocycles. The number of ether oxygens (including phenoxy) is 1. The summed E-state index contributed by atoms with van der Waals surface area (Å²) >= 11 is 0. The summed E-state index contributed by atoms with van der Waals surface area (Å²) in [5.74, 6) is -2.77. The van der Waals surface area contributed by atoms with E-state index in [0.717, 1.165) is 36.0 Å². The van der Waals surface area contributed by atoms with Crippen molar-refractivity contribution in [2.75, 3.05) is 69.2 Å². The molecule has 11 nitrogen and oxygen atoms in total. The number of likely N-dealkylation sites (tertiary alicyclic amines) is 1. The number of carbonyl (C=O) groups is 3. The Morgan fingerprint density at radius 2 is 1.91 bits per heavy atom. The molecule has 3 fully saturated rings. The summed E-state index contributed by atoms with van der Waals surface area (Å²) in [7, 11) is 0. The van der Waals surface area contributed by atoms with E-state index in [2.05, 4.69) is 45.6 Å². The predicted molar refractivity (Wildman–Crippen MR) is 163 cm³/mol. The minimum atomic E-state index is -0.699. The Morgan fingerprint density at radius 3 is 2.67 bits per heavy atom. The normalized spacial score (nSPS) is 20.6. The van der Waals surface area contributed by atoms with E-state index in [4.69, 9.17) is 4.74 Å². The third kappa shape index (κ3) is 6.84. The molecule has 2 N–H and O–H groups in total. The van der Waals surface area contributed by atoms with E-state index < -0.39 is 29.5 Å². The summed E-state index contributed by atoms with van der Waals surface area (Å²) in [6.07, 6.45) is 3.94. The predicted octanol–water partition coefficient (Wildman–Crippen LogP) is 2.95. The van der Waals surface area contributed by atoms with E-state index in [1.807, 2.05) is 15.7 Å². The number of imide groups is 1. The van der Waals surface area contributed by atoms with Crippen LogP contribution in [0.3, 0.4) is 0 Å². The van der Waals surface area contributed by atoms with Crippen LogP contribution < -0.4 is 15.5 Å². The lowest BCUT2D eigenvalue weighted by atomic mass is 9.88. The number of nitrogens with zero attached hydrogens (tertiary/aromatic N) is 5. The Balaban J connectivity index is 1.17. The Morgan fingerprint density at radius 1 is 1.09 bits per heavy atom. The first-order chi connectivity index (χ1) is 21.8. The second-order valence-electron chi connectivity index (χ2n) is 11.8. The molecule has 4 amide bonds. The van der Waals surface area contributed by atoms with Crippen LogP contribution in [0.15, 0.2) is 48.8 Å². The highest BCUT2D eigenvalue weighted by molar-refractivity contribution is 6.01. The van der Waals surface area contributed by atoms with Crippen molar-refractivity contribution in [3.05, 3.63) is 77.1 Å². The number of nitrogens with one attached hydrogen (secondary N) is 2. The van der Waals surface area contributed by atoms with Gasteiger partial charge in [0.15, 0.2) is 0 Å². The Hall–Kier alpha value is -4.36. The molecule has 0 bridgehead atoms. The van der Waals surface area contributed by atoms with E-state index in [1.165, 1.54) is 17.0 Å². The number of benzene rings is 2. The standard InChI is InChI=1S/C32H37F2N7O4/c1-21-3-4-22(28(15-21)39-11-13-45-14-12-39)18-40-10-7-35-31(40)37-30(43)26-20-38(8-2-9-41-29(42)17-36-32(41)44)19-25(26)24-6-5-23(33)16-27(24)34/h3-7,10,15-16,25-26H,2,8-9,11-14,17-20H2,1H3,(H,36,44)(H,35,37,43)/t25-,26+/m0/s1. The van der Waals surface area contributed by atoms with Gasteiger partial charge in [-0.1, -0.05) is 18.2 Å². The van der Waals surface area contributed by atoms with Gasteiger partial charge in [-0.05, 0) is 48.7 Å². The lowest BCUT2D eigenvalue weighted by Gasteiger charge is -2.31. The average Bonchev–Trinajstić information content (AvgIpc) is 3.74. The monoisotopic (exact) mass is 621 g/mol. The van der Waals surface area contributed by atoms with Crippen LogP contribution in [0.1, 0.15) is 29.0 Å². The topological polar surface area (TPSA) is 112 Å². The third-order valence-electron chi connectivity index (χ3n) is 8.77. The first-order valence-electron chi connectivity index (χ1n) is 15.3. The van der Waals surface area contributed by atoms with Crippen LogP contribution in [0.4, 0.5) is 25.2 Å². The Kier molecular flexibility index (Phi) is 9.08. The molecule has 0 unspecified atom stereocenters. The third-order valence-corrected chi connectivity index (χ3v) is 8.77. The molecule has 2 aromatic carbocycles. The van der Waals surface area contributed by atoms with Gasteiger partial charge in [0.05, 0.1) is 32.2 Å². The fraction of sp³-hybridized carbons (Fsp3) is 0.438. The van der Waals surface area contributed by atoms with Crippen molar-refractivity contribution in [2.45, 2.75) is 25.8 Å². The van der Waals surface area contributed by atoms with Crippen molar-refractivity contribution in [1.82, 2.24) is 24.7 Å². The van der Waals surface area contributed by atoms with Crippen molar-refractivity contribution in [1.29, 1.82) is 0 Å². The molecule has 3 aromatic rings. The number of halogens is 2. The molecule has 45 heavy (non-hydrogen) atoms. The van der Waals surface area contributed by atoms with Crippen LogP contribution in [0.5, 0.6) is 0 Å². The maximum atomic E-state index is 15.0. The fourth-order valence-corrected chi connectivity index (χ4v) is 6.44. The molecule has 13 heteroatoms. The van der Waals surface area contributed by atoms with Gasteiger partial charge in [-0.25, -0.2) is 18.6 Å². The minimum Gasteiger partial charge on any atom is -0.378 e. The number of morpholine rings is 1. The molecule has 3 saturated heterocycles. The maximum absolute atomic E-state index is 15.0. The van der Waals surface area contributed by atoms with E-state index in [-0.39, 0.29) is 30.5 Å². The summed E-state index contributed by atoms with van der Waals surface area (Å²) < 4.78 is 36.2. The first kappa shape index (κ1) is 30.7. The van der Waals surface area contributed by atoms with E-state index in [1.54, 1.807) is 6.20 Å². The highest BCUT2D eigenvalue weighted by atomic mass is 19.1. The number of urea groups is 1.